The van der Waals surface area contributed by atoms with E-state index in [1.807, 2.05) is 0 Å². The number of halogens is 1. The van der Waals surface area contributed by atoms with Gasteiger partial charge in [0.15, 0.2) is 8.68 Å². The van der Waals surface area contributed by atoms with E-state index in [2.05, 4.69) is 9.71 Å². The Morgan fingerprint density at radius 1 is 1.53 bits per heavy atom. The molecular weight excluding hydrogens is 284 g/mol. The number of nitrogens with zero attached hydrogens (tertiary/aromatic N) is 1. The molecule has 1 aromatic heterocycles. The molecule has 0 bridgehead atoms. The summed E-state index contributed by atoms with van der Waals surface area (Å²) in [6, 6.07) is 0. The van der Waals surface area contributed by atoms with Crippen molar-refractivity contribution in [3.05, 3.63) is 10.2 Å². The van der Waals surface area contributed by atoms with Gasteiger partial charge in [0.05, 0.1) is 17.3 Å². The molecule has 8 heteroatoms. The average molecular weight is 299 g/mol. The Balaban J connectivity index is 3.10. The quantitative estimate of drug-likeness (QED) is 0.884. The molecule has 1 aromatic rings. The average Bonchev–Trinajstić information content (AvgIpc) is 2.43. The summed E-state index contributed by atoms with van der Waals surface area (Å²) in [6.07, 6.45) is -0.819. The maximum Gasteiger partial charge on any atom is 0.252 e. The van der Waals surface area contributed by atoms with Crippen molar-refractivity contribution in [1.29, 1.82) is 0 Å². The number of aromatic nitrogens is 1. The van der Waals surface area contributed by atoms with Crippen molar-refractivity contribution in [2.24, 2.45) is 0 Å². The molecule has 0 saturated carbocycles. The third kappa shape index (κ3) is 3.38. The van der Waals surface area contributed by atoms with Crippen LogP contribution in [0.15, 0.2) is 4.21 Å². The van der Waals surface area contributed by atoms with Crippen molar-refractivity contribution in [2.45, 2.75) is 43.5 Å². The summed E-state index contributed by atoms with van der Waals surface area (Å²) in [5, 5.41) is 9.50. The van der Waals surface area contributed by atoms with Crippen LogP contribution in [0.1, 0.15) is 26.5 Å². The minimum Gasteiger partial charge on any atom is -0.391 e. The van der Waals surface area contributed by atoms with Crippen LogP contribution in [0.3, 0.4) is 0 Å². The predicted octanol–water partition coefficient (Wildman–Crippen LogP) is 1.54. The molecule has 98 valence electrons. The maximum atomic E-state index is 12.1. The molecule has 0 fully saturated rings. The molecule has 0 aliphatic carbocycles. The van der Waals surface area contributed by atoms with Gasteiger partial charge in [0, 0.05) is 0 Å². The molecule has 0 aromatic carbocycles. The normalized spacial score (nSPS) is 14.9. The molecule has 0 aliphatic heterocycles. The Bertz CT molecular complexity index is 508. The summed E-state index contributed by atoms with van der Waals surface area (Å²) in [5.74, 6) is 0. The molecule has 1 unspecified atom stereocenters. The number of aliphatic hydroxyl groups is 1. The maximum absolute atomic E-state index is 12.1. The van der Waals surface area contributed by atoms with Gasteiger partial charge < -0.3 is 5.11 Å². The van der Waals surface area contributed by atoms with Gasteiger partial charge in [-0.05, 0) is 27.7 Å². The summed E-state index contributed by atoms with van der Waals surface area (Å²) in [5.41, 5.74) is -0.601. The van der Waals surface area contributed by atoms with Gasteiger partial charge in [0.25, 0.3) is 10.0 Å². The van der Waals surface area contributed by atoms with Crippen molar-refractivity contribution < 1.29 is 13.5 Å². The Morgan fingerprint density at radius 2 is 2.06 bits per heavy atom. The molecule has 2 N–H and O–H groups in total. The second kappa shape index (κ2) is 4.81. The zero-order chi connectivity index (χ0) is 13.4. The van der Waals surface area contributed by atoms with Gasteiger partial charge in [0.2, 0.25) is 0 Å². The van der Waals surface area contributed by atoms with E-state index < -0.39 is 21.7 Å². The Morgan fingerprint density at radius 3 is 2.41 bits per heavy atom. The molecule has 0 aliphatic rings. The predicted molar refractivity (Wildman–Crippen MR) is 67.9 cm³/mol. The molecule has 0 radical (unpaired) electrons. The third-order valence-corrected chi connectivity index (χ3v) is 5.96. The molecule has 1 rings (SSSR count). The van der Waals surface area contributed by atoms with Crippen LogP contribution in [0.2, 0.25) is 4.47 Å². The van der Waals surface area contributed by atoms with Gasteiger partial charge in [-0.2, -0.15) is 0 Å². The highest BCUT2D eigenvalue weighted by Crippen LogP contribution is 2.27. The number of rotatable bonds is 4. The number of hydrogen-bond donors (Lipinski definition) is 2. The molecule has 0 amide bonds. The molecule has 0 saturated heterocycles. The first kappa shape index (κ1) is 14.8. The van der Waals surface area contributed by atoms with E-state index in [4.69, 9.17) is 11.6 Å². The van der Waals surface area contributed by atoms with E-state index in [0.29, 0.717) is 5.69 Å². The van der Waals surface area contributed by atoms with Gasteiger partial charge in [0.1, 0.15) is 0 Å². The number of hydrogen-bond acceptors (Lipinski definition) is 5. The van der Waals surface area contributed by atoms with Gasteiger partial charge in [-0.3, -0.25) is 0 Å². The SMILES string of the molecule is Cc1nc(Cl)sc1S(=O)(=O)NC(C)(C)C(C)O. The van der Waals surface area contributed by atoms with Crippen LogP contribution in [0, 0.1) is 6.92 Å². The van der Waals surface area contributed by atoms with E-state index in [1.165, 1.54) is 6.92 Å². The molecule has 5 nitrogen and oxygen atoms in total. The fourth-order valence-corrected chi connectivity index (χ4v) is 4.29. The third-order valence-electron chi connectivity index (χ3n) is 2.41. The lowest BCUT2D eigenvalue weighted by molar-refractivity contribution is 0.112. The van der Waals surface area contributed by atoms with Crippen molar-refractivity contribution in [3.63, 3.8) is 0 Å². The van der Waals surface area contributed by atoms with Gasteiger partial charge in [-0.25, -0.2) is 18.1 Å². The molecule has 0 spiro atoms. The van der Waals surface area contributed by atoms with Crippen LogP contribution >= 0.6 is 22.9 Å². The van der Waals surface area contributed by atoms with Crippen LogP contribution in [0.25, 0.3) is 0 Å². The molecule has 1 heterocycles. The Labute approximate surface area is 110 Å². The summed E-state index contributed by atoms with van der Waals surface area (Å²) in [6.45, 7) is 6.31. The van der Waals surface area contributed by atoms with Crippen molar-refractivity contribution in [2.75, 3.05) is 0 Å². The van der Waals surface area contributed by atoms with Crippen LogP contribution in [-0.4, -0.2) is 30.2 Å². The lowest BCUT2D eigenvalue weighted by Gasteiger charge is -2.28. The highest BCUT2D eigenvalue weighted by atomic mass is 35.5. The number of aliphatic hydroxyl groups excluding tert-OH is 1. The smallest absolute Gasteiger partial charge is 0.252 e. The fourth-order valence-electron chi connectivity index (χ4n) is 1.08. The summed E-state index contributed by atoms with van der Waals surface area (Å²) in [7, 11) is -3.71. The second-order valence-electron chi connectivity index (χ2n) is 4.34. The minimum atomic E-state index is -3.71. The summed E-state index contributed by atoms with van der Waals surface area (Å²) >= 11 is 6.57. The Kier molecular flexibility index (Phi) is 4.20. The largest absolute Gasteiger partial charge is 0.391 e. The number of thiazole rings is 1. The standard InChI is InChI=1S/C9H15ClN2O3S2/c1-5-7(16-8(10)11-5)17(14,15)12-9(3,4)6(2)13/h6,12-13H,1-4H3. The van der Waals surface area contributed by atoms with Gasteiger partial charge in [-0.1, -0.05) is 22.9 Å². The number of aryl methyl sites for hydroxylation is 1. The zero-order valence-corrected chi connectivity index (χ0v) is 12.4. The van der Waals surface area contributed by atoms with E-state index in [0.717, 1.165) is 11.3 Å². The first-order valence-electron chi connectivity index (χ1n) is 4.91. The molecule has 17 heavy (non-hydrogen) atoms. The van der Waals surface area contributed by atoms with Crippen LogP contribution in [-0.2, 0) is 10.0 Å². The van der Waals surface area contributed by atoms with Crippen LogP contribution < -0.4 is 4.72 Å². The van der Waals surface area contributed by atoms with E-state index in [-0.39, 0.29) is 8.68 Å². The highest BCUT2D eigenvalue weighted by Gasteiger charge is 2.32. The summed E-state index contributed by atoms with van der Waals surface area (Å²) in [4.78, 5) is 3.85. The molecular formula is C9H15ClN2O3S2. The monoisotopic (exact) mass is 298 g/mol. The van der Waals surface area contributed by atoms with Gasteiger partial charge >= 0.3 is 0 Å². The van der Waals surface area contributed by atoms with Gasteiger partial charge in [-0.15, -0.1) is 0 Å². The Hall–Kier alpha value is -0.210. The second-order valence-corrected chi connectivity index (χ2v) is 7.80. The summed E-state index contributed by atoms with van der Waals surface area (Å²) < 4.78 is 26.8. The van der Waals surface area contributed by atoms with Crippen molar-refractivity contribution in [1.82, 2.24) is 9.71 Å². The van der Waals surface area contributed by atoms with Crippen LogP contribution in [0.4, 0.5) is 0 Å². The zero-order valence-electron chi connectivity index (χ0n) is 9.98. The number of nitrogens with one attached hydrogen (secondary N) is 1. The van der Waals surface area contributed by atoms with Crippen molar-refractivity contribution >= 4 is 33.0 Å². The lowest BCUT2D eigenvalue weighted by atomic mass is 10.0. The van der Waals surface area contributed by atoms with E-state index in [9.17, 15) is 13.5 Å². The van der Waals surface area contributed by atoms with Crippen molar-refractivity contribution in [3.8, 4) is 0 Å². The first-order valence-corrected chi connectivity index (χ1v) is 7.59. The number of sulfonamides is 1. The lowest BCUT2D eigenvalue weighted by Crippen LogP contribution is -2.50. The highest BCUT2D eigenvalue weighted by molar-refractivity contribution is 7.91. The topological polar surface area (TPSA) is 79.3 Å². The van der Waals surface area contributed by atoms with E-state index >= 15 is 0 Å². The van der Waals surface area contributed by atoms with E-state index in [1.54, 1.807) is 20.8 Å². The minimum absolute atomic E-state index is 0.0798. The molecule has 1 atom stereocenters. The van der Waals surface area contributed by atoms with Crippen LogP contribution in [0.5, 0.6) is 0 Å². The fraction of sp³-hybridized carbons (Fsp3) is 0.667. The first-order chi connectivity index (χ1) is 7.56.